The molecule has 3 nitrogen and oxygen atoms in total. The lowest BCUT2D eigenvalue weighted by atomic mass is 10.0. The Morgan fingerprint density at radius 2 is 1.84 bits per heavy atom. The van der Waals surface area contributed by atoms with Crippen molar-refractivity contribution in [3.8, 4) is 11.5 Å². The smallest absolute Gasteiger partial charge is 0.197 e. The molecular formula is C18H17BrCl2O3S. The fourth-order valence-electron chi connectivity index (χ4n) is 2.20. The fraction of sp³-hybridized carbons (Fsp3) is 0.278. The zero-order chi connectivity index (χ0) is 18.4. The number of methoxy groups -OCH3 is 1. The van der Waals surface area contributed by atoms with Gasteiger partial charge in [0.15, 0.2) is 11.7 Å². The van der Waals surface area contributed by atoms with E-state index in [0.717, 1.165) is 21.3 Å². The molecular weight excluding hydrogens is 447 g/mol. The van der Waals surface area contributed by atoms with Gasteiger partial charge < -0.3 is 14.2 Å². The minimum absolute atomic E-state index is 0.181. The Bertz CT molecular complexity index is 745. The SMILES string of the molecule is CCOC(=S)COc1cc(Cl)c(Cc2ccc(OC)c(Br)c2)c(Cl)c1. The lowest BCUT2D eigenvalue weighted by molar-refractivity contribution is 0.285. The summed E-state index contributed by atoms with van der Waals surface area (Å²) in [4.78, 5) is 0. The molecule has 0 spiro atoms. The predicted octanol–water partition coefficient (Wildman–Crippen LogP) is 6.10. The Morgan fingerprint density at radius 3 is 2.40 bits per heavy atom. The molecule has 134 valence electrons. The van der Waals surface area contributed by atoms with Crippen molar-refractivity contribution < 1.29 is 14.2 Å². The Morgan fingerprint density at radius 1 is 1.16 bits per heavy atom. The summed E-state index contributed by atoms with van der Waals surface area (Å²) in [5, 5.41) is 1.47. The normalized spacial score (nSPS) is 10.4. The second-order valence-corrected chi connectivity index (χ2v) is 7.23. The number of rotatable bonds is 7. The van der Waals surface area contributed by atoms with Crippen molar-refractivity contribution in [3.63, 3.8) is 0 Å². The molecule has 0 saturated carbocycles. The van der Waals surface area contributed by atoms with Crippen LogP contribution in [0, 0.1) is 0 Å². The van der Waals surface area contributed by atoms with E-state index in [0.29, 0.717) is 33.9 Å². The molecule has 0 bridgehead atoms. The Kier molecular flexibility index (Phi) is 7.81. The third kappa shape index (κ3) is 5.74. The van der Waals surface area contributed by atoms with Crippen LogP contribution in [-0.2, 0) is 11.2 Å². The Labute approximate surface area is 171 Å². The minimum atomic E-state index is 0.181. The Hall–Kier alpha value is -1.01. The van der Waals surface area contributed by atoms with E-state index < -0.39 is 0 Å². The summed E-state index contributed by atoms with van der Waals surface area (Å²) < 4.78 is 16.9. The van der Waals surface area contributed by atoms with Crippen molar-refractivity contribution in [2.75, 3.05) is 20.3 Å². The molecule has 0 heterocycles. The molecule has 0 fully saturated rings. The van der Waals surface area contributed by atoms with Gasteiger partial charge in [-0.1, -0.05) is 29.3 Å². The van der Waals surface area contributed by atoms with Crippen LogP contribution in [0.5, 0.6) is 11.5 Å². The molecule has 0 saturated heterocycles. The van der Waals surface area contributed by atoms with Crippen molar-refractivity contribution >= 4 is 56.4 Å². The van der Waals surface area contributed by atoms with Crippen LogP contribution in [0.3, 0.4) is 0 Å². The molecule has 7 heteroatoms. The summed E-state index contributed by atoms with van der Waals surface area (Å²) in [5.74, 6) is 1.33. The summed E-state index contributed by atoms with van der Waals surface area (Å²) in [5.41, 5.74) is 1.89. The van der Waals surface area contributed by atoms with Crippen LogP contribution in [-0.4, -0.2) is 25.4 Å². The standard InChI is InChI=1S/C18H17BrCl2O3S/c1-3-23-18(25)10-24-12-8-15(20)13(16(21)9-12)6-11-4-5-17(22-2)14(19)7-11/h4-5,7-9H,3,6,10H2,1-2H3. The van der Waals surface area contributed by atoms with Crippen LogP contribution in [0.4, 0.5) is 0 Å². The third-order valence-corrected chi connectivity index (χ3v) is 4.90. The van der Waals surface area contributed by atoms with E-state index in [9.17, 15) is 0 Å². The lowest BCUT2D eigenvalue weighted by Crippen LogP contribution is -2.12. The number of hydrogen-bond donors (Lipinski definition) is 0. The third-order valence-electron chi connectivity index (χ3n) is 3.37. The highest BCUT2D eigenvalue weighted by Crippen LogP contribution is 2.33. The molecule has 0 aliphatic carbocycles. The topological polar surface area (TPSA) is 27.7 Å². The summed E-state index contributed by atoms with van der Waals surface area (Å²) in [6, 6.07) is 9.32. The second kappa shape index (κ2) is 9.62. The maximum Gasteiger partial charge on any atom is 0.197 e. The molecule has 0 aliphatic heterocycles. The molecule has 0 atom stereocenters. The van der Waals surface area contributed by atoms with Crippen molar-refractivity contribution in [1.82, 2.24) is 0 Å². The van der Waals surface area contributed by atoms with Gasteiger partial charge in [0.2, 0.25) is 0 Å². The number of thiocarbonyl (C=S) groups is 1. The number of halogens is 3. The zero-order valence-electron chi connectivity index (χ0n) is 13.8. The van der Waals surface area contributed by atoms with Crippen LogP contribution in [0.2, 0.25) is 10.0 Å². The first-order chi connectivity index (χ1) is 11.9. The summed E-state index contributed by atoms with van der Waals surface area (Å²) in [7, 11) is 1.63. The van der Waals surface area contributed by atoms with Gasteiger partial charge in [-0.15, -0.1) is 0 Å². The van der Waals surface area contributed by atoms with E-state index in [1.54, 1.807) is 19.2 Å². The minimum Gasteiger partial charge on any atom is -0.496 e. The molecule has 0 aromatic heterocycles. The highest BCUT2D eigenvalue weighted by atomic mass is 79.9. The molecule has 2 aromatic rings. The van der Waals surface area contributed by atoms with Gasteiger partial charge in [-0.2, -0.15) is 0 Å². The van der Waals surface area contributed by atoms with Crippen LogP contribution >= 0.6 is 51.3 Å². The molecule has 0 radical (unpaired) electrons. The zero-order valence-corrected chi connectivity index (χ0v) is 17.7. The first-order valence-corrected chi connectivity index (χ1v) is 9.49. The van der Waals surface area contributed by atoms with Gasteiger partial charge in [0.1, 0.15) is 11.5 Å². The van der Waals surface area contributed by atoms with Crippen LogP contribution in [0.1, 0.15) is 18.1 Å². The first kappa shape index (κ1) is 20.3. The molecule has 0 unspecified atom stereocenters. The highest BCUT2D eigenvalue weighted by Gasteiger charge is 2.12. The monoisotopic (exact) mass is 462 g/mol. The number of ether oxygens (including phenoxy) is 3. The number of hydrogen-bond acceptors (Lipinski definition) is 4. The average Bonchev–Trinajstić information content (AvgIpc) is 2.57. The van der Waals surface area contributed by atoms with Gasteiger partial charge in [0, 0.05) is 16.5 Å². The van der Waals surface area contributed by atoms with E-state index >= 15 is 0 Å². The van der Waals surface area contributed by atoms with Gasteiger partial charge >= 0.3 is 0 Å². The van der Waals surface area contributed by atoms with E-state index in [1.165, 1.54) is 0 Å². The Balaban J connectivity index is 2.14. The van der Waals surface area contributed by atoms with Gasteiger partial charge in [0.25, 0.3) is 0 Å². The average molecular weight is 464 g/mol. The summed E-state index contributed by atoms with van der Waals surface area (Å²) >= 11 is 21.3. The first-order valence-electron chi connectivity index (χ1n) is 7.53. The summed E-state index contributed by atoms with van der Waals surface area (Å²) in [6.07, 6.45) is 0.595. The summed E-state index contributed by atoms with van der Waals surface area (Å²) in [6.45, 7) is 2.56. The molecule has 0 N–H and O–H groups in total. The molecule has 2 aromatic carbocycles. The van der Waals surface area contributed by atoms with E-state index in [1.807, 2.05) is 25.1 Å². The fourth-order valence-corrected chi connectivity index (χ4v) is 3.57. The molecule has 0 amide bonds. The van der Waals surface area contributed by atoms with E-state index in [4.69, 9.17) is 49.6 Å². The molecule has 25 heavy (non-hydrogen) atoms. The van der Waals surface area contributed by atoms with Crippen LogP contribution in [0.15, 0.2) is 34.8 Å². The van der Waals surface area contributed by atoms with E-state index in [-0.39, 0.29) is 6.61 Å². The van der Waals surface area contributed by atoms with Gasteiger partial charge in [-0.3, -0.25) is 0 Å². The number of benzene rings is 2. The lowest BCUT2D eigenvalue weighted by Gasteiger charge is -2.13. The molecule has 0 aliphatic rings. The molecule has 2 rings (SSSR count). The van der Waals surface area contributed by atoms with Gasteiger partial charge in [-0.25, -0.2) is 0 Å². The van der Waals surface area contributed by atoms with Crippen LogP contribution < -0.4 is 9.47 Å². The van der Waals surface area contributed by atoms with Crippen molar-refractivity contribution in [2.45, 2.75) is 13.3 Å². The van der Waals surface area contributed by atoms with Crippen molar-refractivity contribution in [2.24, 2.45) is 0 Å². The van der Waals surface area contributed by atoms with Gasteiger partial charge in [0.05, 0.1) is 18.2 Å². The van der Waals surface area contributed by atoms with E-state index in [2.05, 4.69) is 15.9 Å². The maximum absolute atomic E-state index is 6.39. The predicted molar refractivity (Wildman–Crippen MR) is 110 cm³/mol. The van der Waals surface area contributed by atoms with Crippen LogP contribution in [0.25, 0.3) is 0 Å². The van der Waals surface area contributed by atoms with Crippen molar-refractivity contribution in [1.29, 1.82) is 0 Å². The maximum atomic E-state index is 6.39. The largest absolute Gasteiger partial charge is 0.496 e. The van der Waals surface area contributed by atoms with Gasteiger partial charge in [-0.05, 0) is 70.5 Å². The highest BCUT2D eigenvalue weighted by molar-refractivity contribution is 9.10. The second-order valence-electron chi connectivity index (χ2n) is 5.10. The van der Waals surface area contributed by atoms with Crippen molar-refractivity contribution in [3.05, 3.63) is 56.0 Å². The quantitative estimate of drug-likeness (QED) is 0.463.